The largest absolute Gasteiger partial charge is 0.434 e. The van der Waals surface area contributed by atoms with Crippen molar-refractivity contribution >= 4 is 5.95 Å². The van der Waals surface area contributed by atoms with E-state index in [2.05, 4.69) is 4.98 Å². The molecule has 0 bridgehead atoms. The summed E-state index contributed by atoms with van der Waals surface area (Å²) in [5.74, 6) is -0.120. The SMILES string of the molecule is O=[N+]([O-])c1nccn1C[C@H]1CO1. The standard InChI is InChI=1S/C6H7N3O3/c10-9(11)6-7-1-2-8(6)3-5-4-12-5/h1-2,5H,3-4H2/t5-/m0/s1. The molecule has 0 unspecified atom stereocenters. The van der Waals surface area contributed by atoms with Gasteiger partial charge in [-0.25, -0.2) is 4.57 Å². The molecule has 0 amide bonds. The van der Waals surface area contributed by atoms with Gasteiger partial charge in [-0.05, 0) is 4.92 Å². The summed E-state index contributed by atoms with van der Waals surface area (Å²) < 4.78 is 6.43. The van der Waals surface area contributed by atoms with Crippen molar-refractivity contribution in [2.75, 3.05) is 6.61 Å². The van der Waals surface area contributed by atoms with E-state index in [1.54, 1.807) is 6.20 Å². The van der Waals surface area contributed by atoms with Crippen LogP contribution in [0.4, 0.5) is 5.95 Å². The van der Waals surface area contributed by atoms with Gasteiger partial charge in [-0.2, -0.15) is 0 Å². The minimum Gasteiger partial charge on any atom is -0.390 e. The highest BCUT2D eigenvalue weighted by Gasteiger charge is 2.27. The van der Waals surface area contributed by atoms with Crippen molar-refractivity contribution in [2.24, 2.45) is 0 Å². The molecule has 64 valence electrons. The second-order valence-corrected chi connectivity index (χ2v) is 2.59. The number of hydrogen-bond donors (Lipinski definition) is 0. The van der Waals surface area contributed by atoms with E-state index in [-0.39, 0.29) is 12.1 Å². The molecule has 0 N–H and O–H groups in total. The minimum atomic E-state index is -0.498. The van der Waals surface area contributed by atoms with Crippen LogP contribution in [0.1, 0.15) is 0 Å². The Morgan fingerprint density at radius 3 is 3.25 bits per heavy atom. The van der Waals surface area contributed by atoms with E-state index in [9.17, 15) is 10.1 Å². The monoisotopic (exact) mass is 169 g/mol. The van der Waals surface area contributed by atoms with Gasteiger partial charge in [-0.15, -0.1) is 0 Å². The molecule has 1 aromatic heterocycles. The molecule has 1 aliphatic heterocycles. The van der Waals surface area contributed by atoms with Gasteiger partial charge in [-0.3, -0.25) is 0 Å². The van der Waals surface area contributed by atoms with E-state index in [4.69, 9.17) is 4.74 Å². The molecule has 0 saturated carbocycles. The molecule has 1 aliphatic rings. The Hall–Kier alpha value is -1.43. The zero-order chi connectivity index (χ0) is 8.55. The van der Waals surface area contributed by atoms with Crippen molar-refractivity contribution in [3.8, 4) is 0 Å². The van der Waals surface area contributed by atoms with Gasteiger partial charge in [0.1, 0.15) is 25.0 Å². The maximum Gasteiger partial charge on any atom is 0.434 e. The van der Waals surface area contributed by atoms with E-state index in [1.165, 1.54) is 10.8 Å². The quantitative estimate of drug-likeness (QED) is 0.367. The first-order chi connectivity index (χ1) is 5.77. The molecule has 1 fully saturated rings. The highest BCUT2D eigenvalue weighted by atomic mass is 16.6. The lowest BCUT2D eigenvalue weighted by molar-refractivity contribution is -0.396. The van der Waals surface area contributed by atoms with Gasteiger partial charge in [0.05, 0.1) is 6.61 Å². The molecule has 0 spiro atoms. The van der Waals surface area contributed by atoms with Crippen molar-refractivity contribution in [3.63, 3.8) is 0 Å². The second kappa shape index (κ2) is 2.56. The smallest absolute Gasteiger partial charge is 0.390 e. The first kappa shape index (κ1) is 7.23. The fourth-order valence-corrected chi connectivity index (χ4v) is 1.01. The molecule has 0 radical (unpaired) electrons. The van der Waals surface area contributed by atoms with Gasteiger partial charge in [0, 0.05) is 0 Å². The van der Waals surface area contributed by atoms with Crippen molar-refractivity contribution in [3.05, 3.63) is 22.5 Å². The molecule has 2 heterocycles. The first-order valence-electron chi connectivity index (χ1n) is 3.54. The van der Waals surface area contributed by atoms with Crippen LogP contribution in [0.25, 0.3) is 0 Å². The Morgan fingerprint density at radius 1 is 1.92 bits per heavy atom. The van der Waals surface area contributed by atoms with Crippen LogP contribution in [0.3, 0.4) is 0 Å². The number of nitro groups is 1. The molecule has 12 heavy (non-hydrogen) atoms. The van der Waals surface area contributed by atoms with Gasteiger partial charge in [0.25, 0.3) is 0 Å². The predicted molar refractivity (Wildman–Crippen MR) is 38.6 cm³/mol. The minimum absolute atomic E-state index is 0.120. The van der Waals surface area contributed by atoms with E-state index in [0.717, 1.165) is 0 Å². The van der Waals surface area contributed by atoms with E-state index in [0.29, 0.717) is 13.2 Å². The fraction of sp³-hybridized carbons (Fsp3) is 0.500. The molecule has 0 aromatic carbocycles. The summed E-state index contributed by atoms with van der Waals surface area (Å²) in [6.07, 6.45) is 3.14. The van der Waals surface area contributed by atoms with Gasteiger partial charge in [0.15, 0.2) is 0 Å². The van der Waals surface area contributed by atoms with Gasteiger partial charge in [0.2, 0.25) is 0 Å². The van der Waals surface area contributed by atoms with Crippen LogP contribution in [0, 0.1) is 10.1 Å². The average Bonchev–Trinajstić information content (AvgIpc) is 2.66. The van der Waals surface area contributed by atoms with Crippen molar-refractivity contribution in [2.45, 2.75) is 12.6 Å². The van der Waals surface area contributed by atoms with Crippen LogP contribution >= 0.6 is 0 Å². The zero-order valence-corrected chi connectivity index (χ0v) is 6.21. The Balaban J connectivity index is 2.17. The predicted octanol–water partition coefficient (Wildman–Crippen LogP) is 0.190. The molecule has 1 aromatic rings. The zero-order valence-electron chi connectivity index (χ0n) is 6.21. The summed E-state index contributed by atoms with van der Waals surface area (Å²) in [6.45, 7) is 1.21. The maximum atomic E-state index is 10.4. The molecule has 1 saturated heterocycles. The lowest BCUT2D eigenvalue weighted by Gasteiger charge is -1.96. The lowest BCUT2D eigenvalue weighted by atomic mass is 10.5. The van der Waals surface area contributed by atoms with Crippen LogP contribution in [-0.4, -0.2) is 27.2 Å². The van der Waals surface area contributed by atoms with Gasteiger partial charge in [-0.1, -0.05) is 4.98 Å². The Labute approximate surface area is 67.9 Å². The van der Waals surface area contributed by atoms with Crippen LogP contribution in [-0.2, 0) is 11.3 Å². The highest BCUT2D eigenvalue weighted by molar-refractivity contribution is 5.07. The third-order valence-corrected chi connectivity index (χ3v) is 1.66. The average molecular weight is 169 g/mol. The number of imidazole rings is 1. The topological polar surface area (TPSA) is 73.5 Å². The first-order valence-corrected chi connectivity index (χ1v) is 3.54. The molecule has 0 aliphatic carbocycles. The number of hydrogen-bond acceptors (Lipinski definition) is 4. The fourth-order valence-electron chi connectivity index (χ4n) is 1.01. The Morgan fingerprint density at radius 2 is 2.67 bits per heavy atom. The number of ether oxygens (including phenoxy) is 1. The van der Waals surface area contributed by atoms with E-state index in [1.807, 2.05) is 0 Å². The van der Waals surface area contributed by atoms with Crippen LogP contribution in [0.5, 0.6) is 0 Å². The molecule has 1 atom stereocenters. The van der Waals surface area contributed by atoms with Crippen LogP contribution in [0.2, 0.25) is 0 Å². The Kier molecular flexibility index (Phi) is 1.54. The maximum absolute atomic E-state index is 10.4. The third-order valence-electron chi connectivity index (χ3n) is 1.66. The van der Waals surface area contributed by atoms with Crippen LogP contribution < -0.4 is 0 Å². The number of aromatic nitrogens is 2. The second-order valence-electron chi connectivity index (χ2n) is 2.59. The number of epoxide rings is 1. The van der Waals surface area contributed by atoms with Gasteiger partial charge >= 0.3 is 5.95 Å². The highest BCUT2D eigenvalue weighted by Crippen LogP contribution is 2.15. The third kappa shape index (κ3) is 1.28. The van der Waals surface area contributed by atoms with Crippen molar-refractivity contribution in [1.29, 1.82) is 0 Å². The molecule has 6 nitrogen and oxygen atoms in total. The lowest BCUT2D eigenvalue weighted by Crippen LogP contribution is -2.06. The normalized spacial score (nSPS) is 20.8. The summed E-state index contributed by atoms with van der Waals surface area (Å²) >= 11 is 0. The number of nitrogens with zero attached hydrogens (tertiary/aromatic N) is 3. The summed E-state index contributed by atoms with van der Waals surface area (Å²) in [5, 5.41) is 10.4. The molecular formula is C6H7N3O3. The molecule has 2 rings (SSSR count). The summed E-state index contributed by atoms with van der Waals surface area (Å²) in [5.41, 5.74) is 0. The van der Waals surface area contributed by atoms with E-state index >= 15 is 0 Å². The van der Waals surface area contributed by atoms with E-state index < -0.39 is 4.92 Å². The molecule has 6 heteroatoms. The summed E-state index contributed by atoms with van der Waals surface area (Å²) in [7, 11) is 0. The summed E-state index contributed by atoms with van der Waals surface area (Å²) in [4.78, 5) is 13.5. The summed E-state index contributed by atoms with van der Waals surface area (Å²) in [6, 6.07) is 0. The Bertz CT molecular complexity index is 305. The van der Waals surface area contributed by atoms with Crippen LogP contribution in [0.15, 0.2) is 12.4 Å². The van der Waals surface area contributed by atoms with Crippen molar-refractivity contribution in [1.82, 2.24) is 9.55 Å². The van der Waals surface area contributed by atoms with Crippen molar-refractivity contribution < 1.29 is 9.66 Å². The van der Waals surface area contributed by atoms with Gasteiger partial charge < -0.3 is 14.9 Å². The number of rotatable bonds is 3. The molecular weight excluding hydrogens is 162 g/mol.